The molecule has 1 aliphatic heterocycles. The number of nitrogens with zero attached hydrogens (tertiary/aromatic N) is 1. The van der Waals surface area contributed by atoms with Gasteiger partial charge in [-0.15, -0.1) is 0 Å². The predicted molar refractivity (Wildman–Crippen MR) is 62.7 cm³/mol. The summed E-state index contributed by atoms with van der Waals surface area (Å²) in [5.74, 6) is 0. The molecule has 0 aromatic heterocycles. The molecule has 2 nitrogen and oxygen atoms in total. The minimum atomic E-state index is 0.393. The van der Waals surface area contributed by atoms with Gasteiger partial charge in [0.05, 0.1) is 12.2 Å². The summed E-state index contributed by atoms with van der Waals surface area (Å²) in [5, 5.41) is 0. The van der Waals surface area contributed by atoms with Crippen molar-refractivity contribution < 1.29 is 4.74 Å². The smallest absolute Gasteiger partial charge is 0.0677 e. The molecule has 0 spiro atoms. The van der Waals surface area contributed by atoms with Gasteiger partial charge in [0.2, 0.25) is 0 Å². The van der Waals surface area contributed by atoms with Crippen molar-refractivity contribution in [1.82, 2.24) is 4.90 Å². The van der Waals surface area contributed by atoms with Crippen molar-refractivity contribution in [2.75, 3.05) is 13.6 Å². The SMILES string of the molecule is CC.CCC1CC(C)N(C)CC(C)O1. The molecular formula is C12H27NO. The first-order valence-electron chi connectivity index (χ1n) is 5.99. The summed E-state index contributed by atoms with van der Waals surface area (Å²) in [6.45, 7) is 11.7. The van der Waals surface area contributed by atoms with Gasteiger partial charge in [0, 0.05) is 12.6 Å². The molecule has 1 rings (SSSR count). The standard InChI is InChI=1S/C10H21NO.C2H6/c1-5-10-6-8(2)11(4)7-9(3)12-10;1-2/h8-10H,5-7H2,1-4H3;1-2H3. The maximum Gasteiger partial charge on any atom is 0.0677 e. The van der Waals surface area contributed by atoms with E-state index < -0.39 is 0 Å². The molecule has 0 N–H and O–H groups in total. The van der Waals surface area contributed by atoms with Gasteiger partial charge in [0.1, 0.15) is 0 Å². The third-order valence-corrected chi connectivity index (χ3v) is 2.78. The highest BCUT2D eigenvalue weighted by molar-refractivity contribution is 4.75. The highest BCUT2D eigenvalue weighted by Gasteiger charge is 2.23. The highest BCUT2D eigenvalue weighted by Crippen LogP contribution is 2.17. The lowest BCUT2D eigenvalue weighted by atomic mass is 10.1. The molecule has 0 radical (unpaired) electrons. The molecule has 3 unspecified atom stereocenters. The molecular weight excluding hydrogens is 174 g/mol. The fourth-order valence-corrected chi connectivity index (χ4v) is 1.84. The zero-order chi connectivity index (χ0) is 11.1. The molecule has 0 saturated carbocycles. The number of hydrogen-bond acceptors (Lipinski definition) is 2. The van der Waals surface area contributed by atoms with Crippen LogP contribution in [-0.4, -0.2) is 36.7 Å². The topological polar surface area (TPSA) is 12.5 Å². The largest absolute Gasteiger partial charge is 0.374 e. The van der Waals surface area contributed by atoms with Crippen molar-refractivity contribution >= 4 is 0 Å². The Kier molecular flexibility index (Phi) is 7.20. The lowest BCUT2D eigenvalue weighted by molar-refractivity contribution is 0.00315. The summed E-state index contributed by atoms with van der Waals surface area (Å²) >= 11 is 0. The summed E-state index contributed by atoms with van der Waals surface area (Å²) in [6.07, 6.45) is 3.18. The normalized spacial score (nSPS) is 34.3. The van der Waals surface area contributed by atoms with Crippen molar-refractivity contribution in [3.8, 4) is 0 Å². The van der Waals surface area contributed by atoms with E-state index in [0.717, 1.165) is 13.0 Å². The van der Waals surface area contributed by atoms with Gasteiger partial charge in [0.25, 0.3) is 0 Å². The molecule has 0 aliphatic carbocycles. The Morgan fingerprint density at radius 3 is 2.36 bits per heavy atom. The van der Waals surface area contributed by atoms with E-state index >= 15 is 0 Å². The number of likely N-dealkylation sites (N-methyl/N-ethyl adjacent to an activating group) is 1. The molecule has 14 heavy (non-hydrogen) atoms. The average molecular weight is 201 g/mol. The Morgan fingerprint density at radius 1 is 1.29 bits per heavy atom. The van der Waals surface area contributed by atoms with Crippen molar-refractivity contribution in [1.29, 1.82) is 0 Å². The molecule has 0 bridgehead atoms. The lowest BCUT2D eigenvalue weighted by Gasteiger charge is -2.22. The Morgan fingerprint density at radius 2 is 1.86 bits per heavy atom. The minimum absolute atomic E-state index is 0.393. The summed E-state index contributed by atoms with van der Waals surface area (Å²) in [6, 6.07) is 0.667. The van der Waals surface area contributed by atoms with Crippen LogP contribution in [0.4, 0.5) is 0 Å². The van der Waals surface area contributed by atoms with Gasteiger partial charge >= 0.3 is 0 Å². The summed E-state index contributed by atoms with van der Waals surface area (Å²) in [7, 11) is 2.18. The van der Waals surface area contributed by atoms with E-state index in [0.29, 0.717) is 18.2 Å². The van der Waals surface area contributed by atoms with Gasteiger partial charge in [-0.2, -0.15) is 0 Å². The van der Waals surface area contributed by atoms with E-state index in [2.05, 4.69) is 32.7 Å². The molecule has 3 atom stereocenters. The van der Waals surface area contributed by atoms with Crippen LogP contribution in [0.2, 0.25) is 0 Å². The third kappa shape index (κ3) is 4.43. The minimum Gasteiger partial charge on any atom is -0.374 e. The number of hydrogen-bond donors (Lipinski definition) is 0. The molecule has 0 amide bonds. The summed E-state index contributed by atoms with van der Waals surface area (Å²) in [5.41, 5.74) is 0. The Bertz CT molecular complexity index is 138. The quantitative estimate of drug-likeness (QED) is 0.647. The van der Waals surface area contributed by atoms with Gasteiger partial charge < -0.3 is 9.64 Å². The second-order valence-corrected chi connectivity index (χ2v) is 4.00. The van der Waals surface area contributed by atoms with Crippen LogP contribution in [0.1, 0.15) is 47.5 Å². The molecule has 1 heterocycles. The van der Waals surface area contributed by atoms with Gasteiger partial charge in [0.15, 0.2) is 0 Å². The van der Waals surface area contributed by atoms with Crippen LogP contribution in [0.5, 0.6) is 0 Å². The maximum atomic E-state index is 5.86. The van der Waals surface area contributed by atoms with E-state index in [-0.39, 0.29) is 0 Å². The van der Waals surface area contributed by atoms with Crippen LogP contribution in [-0.2, 0) is 4.74 Å². The first kappa shape index (κ1) is 13.9. The van der Waals surface area contributed by atoms with Gasteiger partial charge in [-0.25, -0.2) is 0 Å². The second kappa shape index (κ2) is 7.24. The van der Waals surface area contributed by atoms with Crippen LogP contribution in [0, 0.1) is 0 Å². The average Bonchev–Trinajstić information content (AvgIpc) is 2.30. The van der Waals surface area contributed by atoms with Crippen LogP contribution >= 0.6 is 0 Å². The Hall–Kier alpha value is -0.0800. The van der Waals surface area contributed by atoms with E-state index in [1.54, 1.807) is 0 Å². The van der Waals surface area contributed by atoms with Crippen molar-refractivity contribution in [3.05, 3.63) is 0 Å². The van der Waals surface area contributed by atoms with Crippen LogP contribution in [0.25, 0.3) is 0 Å². The van der Waals surface area contributed by atoms with E-state index in [1.165, 1.54) is 6.42 Å². The van der Waals surface area contributed by atoms with Crippen molar-refractivity contribution in [3.63, 3.8) is 0 Å². The molecule has 1 saturated heterocycles. The van der Waals surface area contributed by atoms with Gasteiger partial charge in [-0.3, -0.25) is 0 Å². The Balaban J connectivity index is 0.000000791. The summed E-state index contributed by atoms with van der Waals surface area (Å²) in [4.78, 5) is 2.39. The first-order chi connectivity index (χ1) is 6.63. The van der Waals surface area contributed by atoms with Crippen LogP contribution < -0.4 is 0 Å². The number of rotatable bonds is 1. The van der Waals surface area contributed by atoms with Gasteiger partial charge in [-0.1, -0.05) is 20.8 Å². The fourth-order valence-electron chi connectivity index (χ4n) is 1.84. The lowest BCUT2D eigenvalue weighted by Crippen LogP contribution is -2.32. The zero-order valence-corrected chi connectivity index (χ0v) is 10.7. The molecule has 1 aliphatic rings. The van der Waals surface area contributed by atoms with E-state index in [1.807, 2.05) is 13.8 Å². The molecule has 0 aromatic rings. The Labute approximate surface area is 89.6 Å². The summed E-state index contributed by atoms with van der Waals surface area (Å²) < 4.78 is 5.86. The molecule has 86 valence electrons. The van der Waals surface area contributed by atoms with E-state index in [9.17, 15) is 0 Å². The predicted octanol–water partition coefficient (Wildman–Crippen LogP) is 2.92. The molecule has 2 heteroatoms. The second-order valence-electron chi connectivity index (χ2n) is 4.00. The zero-order valence-electron chi connectivity index (χ0n) is 10.7. The maximum absolute atomic E-state index is 5.86. The monoisotopic (exact) mass is 201 g/mol. The highest BCUT2D eigenvalue weighted by atomic mass is 16.5. The van der Waals surface area contributed by atoms with Crippen LogP contribution in [0.15, 0.2) is 0 Å². The van der Waals surface area contributed by atoms with Crippen molar-refractivity contribution in [2.24, 2.45) is 0 Å². The fraction of sp³-hybridized carbons (Fsp3) is 1.00. The van der Waals surface area contributed by atoms with Gasteiger partial charge in [-0.05, 0) is 33.7 Å². The van der Waals surface area contributed by atoms with Crippen molar-refractivity contribution in [2.45, 2.75) is 65.7 Å². The molecule has 1 fully saturated rings. The molecule has 0 aromatic carbocycles. The third-order valence-electron chi connectivity index (χ3n) is 2.78. The van der Waals surface area contributed by atoms with E-state index in [4.69, 9.17) is 4.74 Å². The first-order valence-corrected chi connectivity index (χ1v) is 5.99. The van der Waals surface area contributed by atoms with Crippen LogP contribution in [0.3, 0.4) is 0 Å². The number of ether oxygens (including phenoxy) is 1.